The first-order valence-corrected chi connectivity index (χ1v) is 12.1. The monoisotopic (exact) mass is 469 g/mol. The molecule has 0 radical (unpaired) electrons. The molecule has 168 valence electrons. The van der Waals surface area contributed by atoms with Gasteiger partial charge in [0.1, 0.15) is 10.6 Å². The minimum Gasteiger partial charge on any atom is -0.494 e. The number of ether oxygens (including phenoxy) is 1. The summed E-state index contributed by atoms with van der Waals surface area (Å²) >= 11 is 5.45. The lowest BCUT2D eigenvalue weighted by Crippen LogP contribution is -2.22. The Morgan fingerprint density at radius 2 is 1.62 bits per heavy atom. The first kappa shape index (κ1) is 23.6. The van der Waals surface area contributed by atoms with Crippen LogP contribution in [-0.4, -0.2) is 20.1 Å². The van der Waals surface area contributed by atoms with Gasteiger partial charge in [-0.25, -0.2) is 8.42 Å². The van der Waals surface area contributed by atoms with Crippen molar-refractivity contribution in [1.82, 2.24) is 0 Å². The molecule has 0 bridgehead atoms. The first-order valence-electron chi connectivity index (χ1n) is 10.2. The van der Waals surface area contributed by atoms with Gasteiger partial charge in [0.15, 0.2) is 5.11 Å². The molecule has 0 atom stereocenters. The van der Waals surface area contributed by atoms with Crippen molar-refractivity contribution in [1.29, 1.82) is 0 Å². The Morgan fingerprint density at radius 3 is 2.31 bits per heavy atom. The lowest BCUT2D eigenvalue weighted by Gasteiger charge is -2.17. The van der Waals surface area contributed by atoms with Crippen molar-refractivity contribution in [3.05, 3.63) is 77.4 Å². The van der Waals surface area contributed by atoms with Gasteiger partial charge in [0.05, 0.1) is 12.3 Å². The van der Waals surface area contributed by atoms with Gasteiger partial charge in [-0.15, -0.1) is 0 Å². The van der Waals surface area contributed by atoms with E-state index in [9.17, 15) is 8.42 Å². The normalized spacial score (nSPS) is 11.0. The van der Waals surface area contributed by atoms with E-state index in [1.807, 2.05) is 52.0 Å². The van der Waals surface area contributed by atoms with E-state index in [2.05, 4.69) is 15.4 Å². The minimum atomic E-state index is -3.87. The number of hydrogen-bond acceptors (Lipinski definition) is 4. The molecule has 0 fully saturated rings. The fourth-order valence-electron chi connectivity index (χ4n) is 3.11. The Hall–Kier alpha value is -3.10. The number of rotatable bonds is 7. The third-order valence-corrected chi connectivity index (χ3v) is 6.57. The van der Waals surface area contributed by atoms with Crippen LogP contribution in [0.15, 0.2) is 65.6 Å². The van der Waals surface area contributed by atoms with Gasteiger partial charge in [-0.05, 0) is 99.1 Å². The number of hydrogen-bond donors (Lipinski definition) is 3. The number of anilines is 3. The predicted molar refractivity (Wildman–Crippen MR) is 135 cm³/mol. The molecular formula is C24H27N3O3S2. The molecule has 0 spiro atoms. The van der Waals surface area contributed by atoms with Crippen LogP contribution < -0.4 is 20.1 Å². The zero-order valence-electron chi connectivity index (χ0n) is 18.5. The SMILES string of the molecule is CCOc1ccc(NS(=O)(=O)c2cc(C)ccc2NC(=S)Nc2cccc(C)c2C)cc1. The van der Waals surface area contributed by atoms with Gasteiger partial charge in [0.2, 0.25) is 0 Å². The van der Waals surface area contributed by atoms with Gasteiger partial charge >= 0.3 is 0 Å². The zero-order chi connectivity index (χ0) is 23.3. The van der Waals surface area contributed by atoms with Crippen molar-refractivity contribution in [3.63, 3.8) is 0 Å². The van der Waals surface area contributed by atoms with E-state index < -0.39 is 10.0 Å². The number of aryl methyl sites for hydroxylation is 2. The molecule has 0 amide bonds. The van der Waals surface area contributed by atoms with Gasteiger partial charge < -0.3 is 15.4 Å². The number of sulfonamides is 1. The van der Waals surface area contributed by atoms with Gasteiger partial charge in [-0.1, -0.05) is 18.2 Å². The van der Waals surface area contributed by atoms with Crippen LogP contribution in [0.4, 0.5) is 17.1 Å². The molecule has 0 heterocycles. The molecule has 0 aliphatic heterocycles. The number of thiocarbonyl (C=S) groups is 1. The minimum absolute atomic E-state index is 0.108. The Labute approximate surface area is 195 Å². The quantitative estimate of drug-likeness (QED) is 0.390. The molecule has 0 aliphatic carbocycles. The highest BCUT2D eigenvalue weighted by Crippen LogP contribution is 2.27. The molecule has 3 aromatic rings. The second-order valence-corrected chi connectivity index (χ2v) is 9.45. The van der Waals surface area contributed by atoms with Crippen LogP contribution in [-0.2, 0) is 10.0 Å². The summed E-state index contributed by atoms with van der Waals surface area (Å²) < 4.78 is 34.4. The first-order chi connectivity index (χ1) is 15.2. The maximum Gasteiger partial charge on any atom is 0.263 e. The van der Waals surface area contributed by atoms with E-state index >= 15 is 0 Å². The number of benzene rings is 3. The summed E-state index contributed by atoms with van der Waals surface area (Å²) in [4.78, 5) is 0.108. The molecule has 0 saturated carbocycles. The number of nitrogens with one attached hydrogen (secondary N) is 3. The topological polar surface area (TPSA) is 79.5 Å². The average Bonchev–Trinajstić information content (AvgIpc) is 2.74. The van der Waals surface area contributed by atoms with Crippen molar-refractivity contribution >= 4 is 44.4 Å². The third-order valence-electron chi connectivity index (χ3n) is 4.95. The summed E-state index contributed by atoms with van der Waals surface area (Å²) in [6, 6.07) is 17.8. The summed E-state index contributed by atoms with van der Waals surface area (Å²) in [5, 5.41) is 6.49. The molecular weight excluding hydrogens is 442 g/mol. The van der Waals surface area contributed by atoms with E-state index in [1.54, 1.807) is 36.4 Å². The lowest BCUT2D eigenvalue weighted by atomic mass is 10.1. The summed E-state index contributed by atoms with van der Waals surface area (Å²) in [5.74, 6) is 0.677. The van der Waals surface area contributed by atoms with Crippen molar-refractivity contribution in [3.8, 4) is 5.75 Å². The lowest BCUT2D eigenvalue weighted by molar-refractivity contribution is 0.340. The molecule has 0 aliphatic rings. The Kier molecular flexibility index (Phi) is 7.37. The molecule has 3 rings (SSSR count). The van der Waals surface area contributed by atoms with E-state index in [1.165, 1.54) is 0 Å². The maximum absolute atomic E-state index is 13.2. The predicted octanol–water partition coefficient (Wildman–Crippen LogP) is 5.62. The summed E-state index contributed by atoms with van der Waals surface area (Å²) in [7, 11) is -3.87. The molecule has 6 nitrogen and oxygen atoms in total. The second-order valence-electron chi connectivity index (χ2n) is 7.39. The Bertz CT molecular complexity index is 1220. The van der Waals surface area contributed by atoms with Gasteiger partial charge in [0, 0.05) is 11.4 Å². The van der Waals surface area contributed by atoms with Gasteiger partial charge in [-0.3, -0.25) is 4.72 Å². The standard InChI is InChI=1S/C24H27N3O3S2/c1-5-30-20-12-10-19(11-13-20)27-32(28,29)23-15-16(2)9-14-22(23)26-24(31)25-21-8-6-7-17(3)18(21)4/h6-15,27H,5H2,1-4H3,(H2,25,26,31). The molecule has 32 heavy (non-hydrogen) atoms. The maximum atomic E-state index is 13.2. The van der Waals surface area contributed by atoms with Crippen LogP contribution in [0.5, 0.6) is 5.75 Å². The smallest absolute Gasteiger partial charge is 0.263 e. The molecule has 0 aromatic heterocycles. The fourth-order valence-corrected chi connectivity index (χ4v) is 4.64. The zero-order valence-corrected chi connectivity index (χ0v) is 20.2. The van der Waals surface area contributed by atoms with Crippen LogP contribution in [0.2, 0.25) is 0 Å². The van der Waals surface area contributed by atoms with Crippen LogP contribution in [0, 0.1) is 20.8 Å². The van der Waals surface area contributed by atoms with Crippen LogP contribution in [0.1, 0.15) is 23.6 Å². The Balaban J connectivity index is 1.83. The summed E-state index contributed by atoms with van der Waals surface area (Å²) in [6.45, 7) is 8.30. The van der Waals surface area contributed by atoms with Crippen LogP contribution in [0.3, 0.4) is 0 Å². The van der Waals surface area contributed by atoms with Gasteiger partial charge in [-0.2, -0.15) is 0 Å². The average molecular weight is 470 g/mol. The van der Waals surface area contributed by atoms with Crippen LogP contribution in [0.25, 0.3) is 0 Å². The van der Waals surface area contributed by atoms with Crippen molar-refractivity contribution in [2.75, 3.05) is 22.0 Å². The van der Waals surface area contributed by atoms with E-state index in [4.69, 9.17) is 17.0 Å². The fraction of sp³-hybridized carbons (Fsp3) is 0.208. The van der Waals surface area contributed by atoms with Crippen molar-refractivity contribution < 1.29 is 13.2 Å². The molecule has 0 unspecified atom stereocenters. The van der Waals surface area contributed by atoms with E-state index in [0.29, 0.717) is 28.8 Å². The van der Waals surface area contributed by atoms with Crippen LogP contribution >= 0.6 is 12.2 Å². The molecule has 3 aromatic carbocycles. The van der Waals surface area contributed by atoms with E-state index in [-0.39, 0.29) is 4.90 Å². The van der Waals surface area contributed by atoms with E-state index in [0.717, 1.165) is 22.4 Å². The molecule has 8 heteroatoms. The summed E-state index contributed by atoms with van der Waals surface area (Å²) in [5.41, 5.74) is 4.72. The Morgan fingerprint density at radius 1 is 0.938 bits per heavy atom. The molecule has 0 saturated heterocycles. The highest BCUT2D eigenvalue weighted by Gasteiger charge is 2.20. The largest absolute Gasteiger partial charge is 0.494 e. The second kappa shape index (κ2) is 10.0. The van der Waals surface area contributed by atoms with Crippen molar-refractivity contribution in [2.45, 2.75) is 32.6 Å². The highest BCUT2D eigenvalue weighted by molar-refractivity contribution is 7.93. The van der Waals surface area contributed by atoms with Crippen molar-refractivity contribution in [2.24, 2.45) is 0 Å². The highest BCUT2D eigenvalue weighted by atomic mass is 32.2. The third kappa shape index (κ3) is 5.77. The summed E-state index contributed by atoms with van der Waals surface area (Å²) in [6.07, 6.45) is 0. The van der Waals surface area contributed by atoms with Gasteiger partial charge in [0.25, 0.3) is 10.0 Å². The molecule has 3 N–H and O–H groups in total.